The Bertz CT molecular complexity index is 336. The van der Waals surface area contributed by atoms with Crippen molar-refractivity contribution >= 4 is 17.2 Å². The Morgan fingerprint density at radius 1 is 1.60 bits per heavy atom. The van der Waals surface area contributed by atoms with Gasteiger partial charge in [-0.15, -0.1) is 11.3 Å². The molecule has 1 heterocycles. The number of nitrogens with one attached hydrogen (secondary N) is 1. The molecule has 0 bridgehead atoms. The fraction of sp³-hybridized carbons (Fsp3) is 0.600. The predicted molar refractivity (Wildman–Crippen MR) is 60.2 cm³/mol. The third-order valence-corrected chi connectivity index (χ3v) is 2.98. The molecule has 0 saturated carbocycles. The van der Waals surface area contributed by atoms with E-state index in [0.29, 0.717) is 18.0 Å². The van der Waals surface area contributed by atoms with Gasteiger partial charge in [-0.3, -0.25) is 4.79 Å². The number of rotatable bonds is 5. The molecule has 0 saturated heterocycles. The van der Waals surface area contributed by atoms with E-state index >= 15 is 0 Å². The smallest absolute Gasteiger partial charge is 0.263 e. The fourth-order valence-corrected chi connectivity index (χ4v) is 2.12. The molecule has 1 aromatic heterocycles. The van der Waals surface area contributed by atoms with Crippen LogP contribution in [-0.2, 0) is 11.3 Å². The molecule has 0 fully saturated rings. The summed E-state index contributed by atoms with van der Waals surface area (Å²) in [6, 6.07) is 0. The molecular weight excluding hydrogens is 212 g/mol. The quantitative estimate of drug-likeness (QED) is 0.835. The summed E-state index contributed by atoms with van der Waals surface area (Å²) in [7, 11) is 1.62. The lowest BCUT2D eigenvalue weighted by molar-refractivity contribution is 0.0957. The summed E-state index contributed by atoms with van der Waals surface area (Å²) in [4.78, 5) is 16.6. The molecule has 0 unspecified atom stereocenters. The van der Waals surface area contributed by atoms with Crippen molar-refractivity contribution in [1.29, 1.82) is 0 Å². The average molecular weight is 228 g/mol. The minimum Gasteiger partial charge on any atom is -0.378 e. The average Bonchev–Trinajstić information content (AvgIpc) is 2.57. The highest BCUT2D eigenvalue weighted by atomic mass is 32.1. The fourth-order valence-electron chi connectivity index (χ4n) is 1.17. The van der Waals surface area contributed by atoms with Crippen LogP contribution < -0.4 is 5.32 Å². The highest BCUT2D eigenvalue weighted by Crippen LogP contribution is 2.18. The van der Waals surface area contributed by atoms with Crippen LogP contribution >= 0.6 is 11.3 Å². The maximum absolute atomic E-state index is 11.7. The first-order valence-electron chi connectivity index (χ1n) is 4.92. The third kappa shape index (κ3) is 3.28. The molecule has 0 aliphatic carbocycles. The molecule has 1 rings (SSSR count). The standard InChI is InChI=1S/C10H16N2O2S/c1-4-5-11-10(13)9-7(2)12-8(15-9)6-14-3/h4-6H2,1-3H3,(H,11,13). The Labute approximate surface area is 93.7 Å². The van der Waals surface area contributed by atoms with E-state index in [2.05, 4.69) is 10.3 Å². The van der Waals surface area contributed by atoms with Crippen LogP contribution in [-0.4, -0.2) is 24.5 Å². The van der Waals surface area contributed by atoms with E-state index in [9.17, 15) is 4.79 Å². The van der Waals surface area contributed by atoms with E-state index < -0.39 is 0 Å². The van der Waals surface area contributed by atoms with Gasteiger partial charge in [0.05, 0.1) is 12.3 Å². The van der Waals surface area contributed by atoms with Gasteiger partial charge in [0.25, 0.3) is 5.91 Å². The van der Waals surface area contributed by atoms with Crippen LogP contribution in [0, 0.1) is 6.92 Å². The molecule has 0 atom stereocenters. The molecule has 5 heteroatoms. The number of aryl methyl sites for hydroxylation is 1. The van der Waals surface area contributed by atoms with Gasteiger partial charge >= 0.3 is 0 Å². The van der Waals surface area contributed by atoms with Crippen molar-refractivity contribution in [3.63, 3.8) is 0 Å². The minimum absolute atomic E-state index is 0.0331. The van der Waals surface area contributed by atoms with Crippen molar-refractivity contribution in [3.8, 4) is 0 Å². The predicted octanol–water partition coefficient (Wildman–Crippen LogP) is 1.74. The van der Waals surface area contributed by atoms with Gasteiger partial charge in [-0.05, 0) is 13.3 Å². The van der Waals surface area contributed by atoms with Crippen LogP contribution in [0.3, 0.4) is 0 Å². The van der Waals surface area contributed by atoms with Gasteiger partial charge in [0.15, 0.2) is 0 Å². The van der Waals surface area contributed by atoms with Crippen molar-refractivity contribution < 1.29 is 9.53 Å². The van der Waals surface area contributed by atoms with Gasteiger partial charge < -0.3 is 10.1 Å². The SMILES string of the molecule is CCCNC(=O)c1sc(COC)nc1C. The highest BCUT2D eigenvalue weighted by molar-refractivity contribution is 7.13. The third-order valence-electron chi connectivity index (χ3n) is 1.85. The zero-order valence-corrected chi connectivity index (χ0v) is 10.1. The lowest BCUT2D eigenvalue weighted by atomic mass is 10.3. The van der Waals surface area contributed by atoms with E-state index in [1.54, 1.807) is 7.11 Å². The molecule has 0 aliphatic rings. The van der Waals surface area contributed by atoms with Crippen molar-refractivity contribution in [2.75, 3.05) is 13.7 Å². The molecule has 4 nitrogen and oxygen atoms in total. The van der Waals surface area contributed by atoms with Crippen molar-refractivity contribution in [2.24, 2.45) is 0 Å². The molecule has 0 aromatic carbocycles. The van der Waals surface area contributed by atoms with Crippen LogP contribution in [0.1, 0.15) is 33.7 Å². The summed E-state index contributed by atoms with van der Waals surface area (Å²) in [6.45, 7) is 5.04. The summed E-state index contributed by atoms with van der Waals surface area (Å²) >= 11 is 1.39. The molecule has 1 amide bonds. The zero-order valence-electron chi connectivity index (χ0n) is 9.29. The topological polar surface area (TPSA) is 51.2 Å². The first kappa shape index (κ1) is 12.1. The maximum Gasteiger partial charge on any atom is 0.263 e. The summed E-state index contributed by atoms with van der Waals surface area (Å²) in [5.74, 6) is -0.0331. The van der Waals surface area contributed by atoms with Crippen LogP contribution in [0.25, 0.3) is 0 Å². The summed E-state index contributed by atoms with van der Waals surface area (Å²) in [6.07, 6.45) is 0.939. The molecule has 0 aliphatic heterocycles. The lowest BCUT2D eigenvalue weighted by Crippen LogP contribution is -2.23. The first-order chi connectivity index (χ1) is 7.19. The number of nitrogens with zero attached hydrogens (tertiary/aromatic N) is 1. The van der Waals surface area contributed by atoms with Crippen LogP contribution in [0.15, 0.2) is 0 Å². The summed E-state index contributed by atoms with van der Waals surface area (Å²) in [5, 5.41) is 3.68. The highest BCUT2D eigenvalue weighted by Gasteiger charge is 2.14. The second-order valence-electron chi connectivity index (χ2n) is 3.21. The molecule has 15 heavy (non-hydrogen) atoms. The van der Waals surface area contributed by atoms with E-state index in [-0.39, 0.29) is 5.91 Å². The lowest BCUT2D eigenvalue weighted by Gasteiger charge is -2.00. The zero-order chi connectivity index (χ0) is 11.3. The Morgan fingerprint density at radius 3 is 2.93 bits per heavy atom. The molecule has 0 radical (unpaired) electrons. The summed E-state index contributed by atoms with van der Waals surface area (Å²) < 4.78 is 4.97. The van der Waals surface area contributed by atoms with Gasteiger partial charge in [-0.2, -0.15) is 0 Å². The minimum atomic E-state index is -0.0331. The second-order valence-corrected chi connectivity index (χ2v) is 4.29. The van der Waals surface area contributed by atoms with E-state index in [1.807, 2.05) is 13.8 Å². The molecule has 1 N–H and O–H groups in total. The van der Waals surface area contributed by atoms with Crippen LogP contribution in [0.4, 0.5) is 0 Å². The maximum atomic E-state index is 11.7. The Hall–Kier alpha value is -0.940. The number of methoxy groups -OCH3 is 1. The van der Waals surface area contributed by atoms with Gasteiger partial charge in [0.1, 0.15) is 9.88 Å². The number of hydrogen-bond donors (Lipinski definition) is 1. The number of thiazole rings is 1. The van der Waals surface area contributed by atoms with Crippen LogP contribution in [0.5, 0.6) is 0 Å². The van der Waals surface area contributed by atoms with Gasteiger partial charge in [0.2, 0.25) is 0 Å². The van der Waals surface area contributed by atoms with Gasteiger partial charge in [0, 0.05) is 13.7 Å². The molecular formula is C10H16N2O2S. The van der Waals surface area contributed by atoms with E-state index in [1.165, 1.54) is 11.3 Å². The Morgan fingerprint density at radius 2 is 2.33 bits per heavy atom. The number of hydrogen-bond acceptors (Lipinski definition) is 4. The summed E-state index contributed by atoms with van der Waals surface area (Å²) in [5.41, 5.74) is 0.778. The van der Waals surface area contributed by atoms with Crippen molar-refractivity contribution in [2.45, 2.75) is 26.9 Å². The number of carbonyl (C=O) groups excluding carboxylic acids is 1. The number of carbonyl (C=O) groups is 1. The molecule has 84 valence electrons. The van der Waals surface area contributed by atoms with Gasteiger partial charge in [-0.1, -0.05) is 6.92 Å². The van der Waals surface area contributed by atoms with Crippen molar-refractivity contribution in [1.82, 2.24) is 10.3 Å². The Kier molecular flexibility index (Phi) is 4.71. The van der Waals surface area contributed by atoms with Crippen LogP contribution in [0.2, 0.25) is 0 Å². The number of aromatic nitrogens is 1. The molecule has 0 spiro atoms. The number of ether oxygens (including phenoxy) is 1. The number of amides is 1. The monoisotopic (exact) mass is 228 g/mol. The normalized spacial score (nSPS) is 10.3. The largest absolute Gasteiger partial charge is 0.378 e. The molecule has 1 aromatic rings. The first-order valence-corrected chi connectivity index (χ1v) is 5.74. The second kappa shape index (κ2) is 5.82. The van der Waals surface area contributed by atoms with E-state index in [4.69, 9.17) is 4.74 Å². The van der Waals surface area contributed by atoms with Gasteiger partial charge in [-0.25, -0.2) is 4.98 Å². The Balaban J connectivity index is 2.71. The van der Waals surface area contributed by atoms with E-state index in [0.717, 1.165) is 17.1 Å². The van der Waals surface area contributed by atoms with Crippen molar-refractivity contribution in [3.05, 3.63) is 15.6 Å².